The molecule has 1 aliphatic rings. The zero-order chi connectivity index (χ0) is 10.7. The number of aliphatic hydroxyl groups excluding tert-OH is 1. The van der Waals surface area contributed by atoms with Crippen LogP contribution >= 0.6 is 11.5 Å². The predicted octanol–water partition coefficient (Wildman–Crippen LogP) is 0.429. The number of rotatable bonds is 3. The summed E-state index contributed by atoms with van der Waals surface area (Å²) in [6.45, 7) is 0.633. The molecule has 1 saturated carbocycles. The first-order valence-corrected chi connectivity index (χ1v) is 5.76. The molecule has 1 aromatic rings. The molecule has 2 atom stereocenters. The van der Waals surface area contributed by atoms with E-state index in [-0.39, 0.29) is 12.0 Å². The van der Waals surface area contributed by atoms with Gasteiger partial charge in [-0.1, -0.05) is 4.49 Å². The van der Waals surface area contributed by atoms with E-state index in [1.807, 2.05) is 0 Å². The molecule has 2 rings (SSSR count). The van der Waals surface area contributed by atoms with E-state index in [1.165, 1.54) is 6.20 Å². The second-order valence-electron chi connectivity index (χ2n) is 3.82. The van der Waals surface area contributed by atoms with E-state index in [2.05, 4.69) is 14.9 Å². The Morgan fingerprint density at radius 1 is 1.67 bits per heavy atom. The molecule has 1 fully saturated rings. The summed E-state index contributed by atoms with van der Waals surface area (Å²) in [4.78, 5) is 12.0. The molecule has 15 heavy (non-hydrogen) atoms. The summed E-state index contributed by atoms with van der Waals surface area (Å²) in [5, 5.41) is 15.7. The smallest absolute Gasteiger partial charge is 0.264 e. The lowest BCUT2D eigenvalue weighted by Gasteiger charge is -2.09. The second kappa shape index (κ2) is 4.67. The number of carbonyl (C=O) groups excluding carboxylic acids is 1. The normalized spacial score (nSPS) is 25.4. The highest BCUT2D eigenvalue weighted by atomic mass is 32.1. The van der Waals surface area contributed by atoms with Gasteiger partial charge >= 0.3 is 0 Å². The number of hydrogen-bond acceptors (Lipinski definition) is 5. The van der Waals surface area contributed by atoms with Gasteiger partial charge in [0.1, 0.15) is 4.88 Å². The molecule has 1 aliphatic carbocycles. The van der Waals surface area contributed by atoms with E-state index in [0.29, 0.717) is 17.3 Å². The third-order valence-corrected chi connectivity index (χ3v) is 3.31. The first-order chi connectivity index (χ1) is 7.25. The van der Waals surface area contributed by atoms with Crippen molar-refractivity contribution in [3.63, 3.8) is 0 Å². The summed E-state index contributed by atoms with van der Waals surface area (Å²) in [7, 11) is 0. The molecule has 0 spiro atoms. The van der Waals surface area contributed by atoms with E-state index < -0.39 is 0 Å². The van der Waals surface area contributed by atoms with Crippen LogP contribution in [0.1, 0.15) is 28.9 Å². The highest BCUT2D eigenvalue weighted by molar-refractivity contribution is 7.07. The van der Waals surface area contributed by atoms with E-state index in [9.17, 15) is 9.90 Å². The quantitative estimate of drug-likeness (QED) is 0.785. The van der Waals surface area contributed by atoms with Crippen molar-refractivity contribution >= 4 is 17.4 Å². The number of carbonyl (C=O) groups is 1. The minimum atomic E-state index is -0.183. The summed E-state index contributed by atoms with van der Waals surface area (Å²) in [5.41, 5.74) is 0. The van der Waals surface area contributed by atoms with E-state index >= 15 is 0 Å². The van der Waals surface area contributed by atoms with Gasteiger partial charge < -0.3 is 10.4 Å². The molecule has 0 bridgehead atoms. The Hall–Kier alpha value is -1.01. The number of aliphatic hydroxyl groups is 1. The van der Waals surface area contributed by atoms with Crippen molar-refractivity contribution in [2.75, 3.05) is 6.54 Å². The van der Waals surface area contributed by atoms with Crippen LogP contribution in [0, 0.1) is 5.92 Å². The van der Waals surface area contributed by atoms with Gasteiger partial charge in [0.25, 0.3) is 5.91 Å². The maximum Gasteiger partial charge on any atom is 0.264 e. The summed E-state index contributed by atoms with van der Waals surface area (Å²) in [6.07, 6.45) is 3.91. The Morgan fingerprint density at radius 2 is 2.53 bits per heavy atom. The fraction of sp³-hybridized carbons (Fsp3) is 0.667. The van der Waals surface area contributed by atoms with Gasteiger partial charge in [0, 0.05) is 6.54 Å². The van der Waals surface area contributed by atoms with Gasteiger partial charge in [0.2, 0.25) is 0 Å². The van der Waals surface area contributed by atoms with Crippen LogP contribution in [0.5, 0.6) is 0 Å². The molecule has 1 aromatic heterocycles. The van der Waals surface area contributed by atoms with E-state index in [4.69, 9.17) is 0 Å². The van der Waals surface area contributed by atoms with Crippen molar-refractivity contribution in [3.8, 4) is 0 Å². The van der Waals surface area contributed by atoms with Crippen LogP contribution in [0.2, 0.25) is 0 Å². The van der Waals surface area contributed by atoms with Crippen molar-refractivity contribution < 1.29 is 9.90 Å². The fourth-order valence-corrected chi connectivity index (χ4v) is 2.26. The molecule has 82 valence electrons. The lowest BCUT2D eigenvalue weighted by atomic mass is 10.1. The van der Waals surface area contributed by atoms with Gasteiger partial charge in [-0.2, -0.15) is 0 Å². The summed E-state index contributed by atoms with van der Waals surface area (Å²) in [5.74, 6) is 0.288. The van der Waals surface area contributed by atoms with E-state index in [0.717, 1.165) is 30.8 Å². The lowest BCUT2D eigenvalue weighted by Crippen LogP contribution is -2.28. The third-order valence-electron chi connectivity index (χ3n) is 2.65. The Bertz CT molecular complexity index is 328. The summed E-state index contributed by atoms with van der Waals surface area (Å²) in [6, 6.07) is 0. The van der Waals surface area contributed by atoms with Crippen molar-refractivity contribution in [2.45, 2.75) is 25.4 Å². The van der Waals surface area contributed by atoms with E-state index in [1.54, 1.807) is 0 Å². The highest BCUT2D eigenvalue weighted by Crippen LogP contribution is 2.24. The Labute approximate surface area is 91.7 Å². The zero-order valence-corrected chi connectivity index (χ0v) is 9.04. The number of amides is 1. The molecule has 0 radical (unpaired) electrons. The molecule has 0 saturated heterocycles. The van der Waals surface area contributed by atoms with Crippen LogP contribution in [0.15, 0.2) is 6.20 Å². The van der Waals surface area contributed by atoms with Gasteiger partial charge in [-0.05, 0) is 36.7 Å². The molecule has 0 aliphatic heterocycles. The molecule has 5 nitrogen and oxygen atoms in total. The van der Waals surface area contributed by atoms with Crippen LogP contribution in [0.25, 0.3) is 0 Å². The standard InChI is InChI=1S/C9H13N3O2S/c13-7-2-1-6(3-7)4-10-9(14)8-5-11-12-15-8/h5-7,13H,1-4H2,(H,10,14). The number of nitrogens with one attached hydrogen (secondary N) is 1. The van der Waals surface area contributed by atoms with Crippen LogP contribution in [-0.4, -0.2) is 33.2 Å². The fourth-order valence-electron chi connectivity index (χ4n) is 1.83. The average Bonchev–Trinajstić information content (AvgIpc) is 2.84. The maximum atomic E-state index is 11.5. The Kier molecular flexibility index (Phi) is 3.27. The van der Waals surface area contributed by atoms with Gasteiger partial charge in [-0.3, -0.25) is 4.79 Å². The molecular weight excluding hydrogens is 214 g/mol. The first kappa shape index (κ1) is 10.5. The highest BCUT2D eigenvalue weighted by Gasteiger charge is 2.23. The van der Waals surface area contributed by atoms with Gasteiger partial charge in [0.15, 0.2) is 0 Å². The van der Waals surface area contributed by atoms with Crippen molar-refractivity contribution in [2.24, 2.45) is 5.92 Å². The average molecular weight is 227 g/mol. The minimum absolute atomic E-state index is 0.119. The van der Waals surface area contributed by atoms with Gasteiger partial charge in [-0.25, -0.2) is 0 Å². The topological polar surface area (TPSA) is 75.1 Å². The number of nitrogens with zero attached hydrogens (tertiary/aromatic N) is 2. The van der Waals surface area contributed by atoms with Crippen molar-refractivity contribution in [3.05, 3.63) is 11.1 Å². The molecule has 2 N–H and O–H groups in total. The molecule has 1 amide bonds. The molecule has 1 heterocycles. The molecule has 2 unspecified atom stereocenters. The number of aromatic nitrogens is 2. The summed E-state index contributed by atoms with van der Waals surface area (Å²) >= 11 is 1.09. The number of hydrogen-bond donors (Lipinski definition) is 2. The lowest BCUT2D eigenvalue weighted by molar-refractivity contribution is 0.0949. The van der Waals surface area contributed by atoms with Crippen LogP contribution in [0.3, 0.4) is 0 Å². The zero-order valence-electron chi connectivity index (χ0n) is 8.22. The first-order valence-electron chi connectivity index (χ1n) is 4.99. The molecular formula is C9H13N3O2S. The van der Waals surface area contributed by atoms with Crippen LogP contribution in [0.4, 0.5) is 0 Å². The monoisotopic (exact) mass is 227 g/mol. The predicted molar refractivity (Wildman–Crippen MR) is 55.6 cm³/mol. The van der Waals surface area contributed by atoms with Crippen LogP contribution in [-0.2, 0) is 0 Å². The second-order valence-corrected chi connectivity index (χ2v) is 4.61. The van der Waals surface area contributed by atoms with Gasteiger partial charge in [-0.15, -0.1) is 5.10 Å². The van der Waals surface area contributed by atoms with Crippen molar-refractivity contribution in [1.29, 1.82) is 0 Å². The van der Waals surface area contributed by atoms with Crippen molar-refractivity contribution in [1.82, 2.24) is 14.9 Å². The maximum absolute atomic E-state index is 11.5. The van der Waals surface area contributed by atoms with Crippen LogP contribution < -0.4 is 5.32 Å². The third kappa shape index (κ3) is 2.73. The molecule has 6 heteroatoms. The van der Waals surface area contributed by atoms with Gasteiger partial charge in [0.05, 0.1) is 12.3 Å². The SMILES string of the molecule is O=C(NCC1CCC(O)C1)c1cnns1. The molecule has 0 aromatic carbocycles. The summed E-state index contributed by atoms with van der Waals surface area (Å²) < 4.78 is 3.63. The Morgan fingerprint density at radius 3 is 3.13 bits per heavy atom. The minimum Gasteiger partial charge on any atom is -0.393 e. The Balaban J connectivity index is 1.76. The largest absolute Gasteiger partial charge is 0.393 e.